The first-order chi connectivity index (χ1) is 9.27. The third kappa shape index (κ3) is 5.07. The molecule has 2 fully saturated rings. The number of hydrogen-bond acceptors (Lipinski definition) is 1. The van der Waals surface area contributed by atoms with Crippen molar-refractivity contribution in [2.45, 2.75) is 89.8 Å². The lowest BCUT2D eigenvalue weighted by Crippen LogP contribution is -2.41. The van der Waals surface area contributed by atoms with Gasteiger partial charge in [-0.3, -0.25) is 4.90 Å². The molecule has 0 radical (unpaired) electrons. The second kappa shape index (κ2) is 8.26. The van der Waals surface area contributed by atoms with Crippen molar-refractivity contribution in [3.05, 3.63) is 11.3 Å². The minimum atomic E-state index is 0.0891. The van der Waals surface area contributed by atoms with Gasteiger partial charge in [-0.25, -0.2) is 0 Å². The van der Waals surface area contributed by atoms with E-state index in [1.165, 1.54) is 75.9 Å². The van der Waals surface area contributed by atoms with Crippen molar-refractivity contribution in [2.24, 2.45) is 0 Å². The third-order valence-electron chi connectivity index (χ3n) is 5.01. The van der Waals surface area contributed by atoms with E-state index >= 15 is 0 Å². The van der Waals surface area contributed by atoms with Crippen LogP contribution in [0.25, 0.3) is 0 Å². The van der Waals surface area contributed by atoms with E-state index in [0.717, 1.165) is 12.1 Å². The van der Waals surface area contributed by atoms with Crippen LogP contribution in [0, 0.1) is 0 Å². The Balaban J connectivity index is 1.75. The lowest BCUT2D eigenvalue weighted by atomic mass is 10.1. The van der Waals surface area contributed by atoms with Crippen LogP contribution in [0.1, 0.15) is 71.6 Å². The number of rotatable bonds is 7. The van der Waals surface area contributed by atoms with Crippen LogP contribution in [0.5, 0.6) is 0 Å². The van der Waals surface area contributed by atoms with Gasteiger partial charge in [0.05, 0.1) is 0 Å². The van der Waals surface area contributed by atoms with Gasteiger partial charge in [-0.15, -0.1) is 5.70 Å². The minimum Gasteiger partial charge on any atom is -0.297 e. The molecule has 0 saturated heterocycles. The van der Waals surface area contributed by atoms with E-state index in [1.54, 1.807) is 0 Å². The Morgan fingerprint density at radius 2 is 1.53 bits per heavy atom. The highest BCUT2D eigenvalue weighted by atomic mass is 28.2. The molecule has 2 heteroatoms. The lowest BCUT2D eigenvalue weighted by Gasteiger charge is -2.34. The molecule has 0 N–H and O–H groups in total. The molecular formula is C17H33NSi. The molecule has 0 unspecified atom stereocenters. The summed E-state index contributed by atoms with van der Waals surface area (Å²) < 4.78 is 0. The van der Waals surface area contributed by atoms with Crippen molar-refractivity contribution >= 4 is 9.52 Å². The molecule has 2 aliphatic carbocycles. The molecule has 2 saturated carbocycles. The van der Waals surface area contributed by atoms with E-state index in [1.807, 2.05) is 0 Å². The molecule has 2 rings (SSSR count). The molecule has 1 nitrogen and oxygen atoms in total. The average molecular weight is 280 g/mol. The van der Waals surface area contributed by atoms with Crippen molar-refractivity contribution in [3.8, 4) is 0 Å². The molecule has 0 spiro atoms. The van der Waals surface area contributed by atoms with Gasteiger partial charge in [-0.1, -0.05) is 37.3 Å². The van der Waals surface area contributed by atoms with Gasteiger partial charge < -0.3 is 0 Å². The van der Waals surface area contributed by atoms with Gasteiger partial charge in [0.2, 0.25) is 0 Å². The molecule has 110 valence electrons. The zero-order chi connectivity index (χ0) is 13.5. The summed E-state index contributed by atoms with van der Waals surface area (Å²) in [6.45, 7) is 5.89. The van der Waals surface area contributed by atoms with E-state index < -0.39 is 0 Å². The molecule has 0 aromatic carbocycles. The Morgan fingerprint density at radius 3 is 2.00 bits per heavy atom. The summed E-state index contributed by atoms with van der Waals surface area (Å²) in [5.74, 6) is 0. The van der Waals surface area contributed by atoms with E-state index in [-0.39, 0.29) is 9.52 Å². The van der Waals surface area contributed by atoms with E-state index in [9.17, 15) is 0 Å². The highest BCUT2D eigenvalue weighted by molar-refractivity contribution is 6.42. The second-order valence-electron chi connectivity index (χ2n) is 6.89. The molecule has 19 heavy (non-hydrogen) atoms. The first kappa shape index (κ1) is 15.3. The van der Waals surface area contributed by atoms with Crippen LogP contribution in [-0.4, -0.2) is 33.0 Å². The summed E-state index contributed by atoms with van der Waals surface area (Å²) >= 11 is 0. The molecule has 0 amide bonds. The highest BCUT2D eigenvalue weighted by Gasteiger charge is 2.29. The smallest absolute Gasteiger partial charge is 0.0453 e. The molecular weight excluding hydrogens is 246 g/mol. The Labute approximate surface area is 122 Å². The minimum absolute atomic E-state index is 0.0891. The molecule has 0 heterocycles. The zero-order valence-corrected chi connectivity index (χ0v) is 14.6. The van der Waals surface area contributed by atoms with Crippen LogP contribution in [0.15, 0.2) is 11.3 Å². The predicted molar refractivity (Wildman–Crippen MR) is 88.6 cm³/mol. The fraction of sp³-hybridized carbons (Fsp3) is 0.882. The van der Waals surface area contributed by atoms with Gasteiger partial charge in [0.25, 0.3) is 0 Å². The van der Waals surface area contributed by atoms with Crippen molar-refractivity contribution in [1.82, 2.24) is 4.90 Å². The van der Waals surface area contributed by atoms with Crippen LogP contribution in [0.4, 0.5) is 0 Å². The number of nitrogens with zero attached hydrogens (tertiary/aromatic N) is 1. The predicted octanol–water partition coefficient (Wildman–Crippen LogP) is 4.07. The maximum atomic E-state index is 2.94. The fourth-order valence-corrected chi connectivity index (χ4v) is 5.26. The van der Waals surface area contributed by atoms with Crippen LogP contribution in [0.2, 0.25) is 6.04 Å². The third-order valence-corrected chi connectivity index (χ3v) is 7.02. The fourth-order valence-electron chi connectivity index (χ4n) is 3.96. The van der Waals surface area contributed by atoms with Crippen molar-refractivity contribution in [1.29, 1.82) is 0 Å². The summed E-state index contributed by atoms with van der Waals surface area (Å²) in [4.78, 5) is 2.94. The molecule has 2 aliphatic rings. The average Bonchev–Trinajstić information content (AvgIpc) is 3.06. The van der Waals surface area contributed by atoms with Gasteiger partial charge in [-0.2, -0.15) is 0 Å². The highest BCUT2D eigenvalue weighted by Crippen LogP contribution is 2.31. The maximum Gasteiger partial charge on any atom is 0.0453 e. The summed E-state index contributed by atoms with van der Waals surface area (Å²) in [7, 11) is 0.0891. The van der Waals surface area contributed by atoms with Crippen molar-refractivity contribution in [2.75, 3.05) is 6.54 Å². The summed E-state index contributed by atoms with van der Waals surface area (Å²) in [5.41, 5.74) is 4.07. The maximum absolute atomic E-state index is 2.94. The van der Waals surface area contributed by atoms with Crippen LogP contribution in [-0.2, 0) is 0 Å². The zero-order valence-electron chi connectivity index (χ0n) is 13.2. The molecule has 0 aliphatic heterocycles. The van der Waals surface area contributed by atoms with Gasteiger partial charge in [0.15, 0.2) is 0 Å². The van der Waals surface area contributed by atoms with Gasteiger partial charge in [-0.05, 0) is 52.5 Å². The topological polar surface area (TPSA) is 3.24 Å². The quantitative estimate of drug-likeness (QED) is 0.501. The molecule has 0 bridgehead atoms. The van der Waals surface area contributed by atoms with E-state index in [0.29, 0.717) is 0 Å². The summed E-state index contributed by atoms with van der Waals surface area (Å²) in [6, 6.07) is 3.42. The monoisotopic (exact) mass is 279 g/mol. The second-order valence-corrected chi connectivity index (χ2v) is 8.58. The first-order valence-corrected chi connectivity index (χ1v) is 10.5. The van der Waals surface area contributed by atoms with Gasteiger partial charge in [0.1, 0.15) is 0 Å². The van der Waals surface area contributed by atoms with Crippen LogP contribution in [0.3, 0.4) is 0 Å². The normalized spacial score (nSPS) is 22.1. The Hall–Kier alpha value is -0.0831. The van der Waals surface area contributed by atoms with E-state index in [4.69, 9.17) is 0 Å². The van der Waals surface area contributed by atoms with Gasteiger partial charge >= 0.3 is 0 Å². The first-order valence-electron chi connectivity index (χ1n) is 8.66. The van der Waals surface area contributed by atoms with Crippen molar-refractivity contribution < 1.29 is 0 Å². The summed E-state index contributed by atoms with van der Waals surface area (Å²) in [6.07, 6.45) is 13.4. The molecule has 0 aromatic rings. The number of allylic oxidation sites excluding steroid dienone is 1. The van der Waals surface area contributed by atoms with E-state index in [2.05, 4.69) is 24.4 Å². The standard InChI is InChI=1S/C17H33NSi/c1-15(2)14-19-13-7-12-18(16-8-3-4-9-16)17-10-5-6-11-17/h14,16-17H,3-13,19H2,1-2H3. The lowest BCUT2D eigenvalue weighted by molar-refractivity contribution is 0.137. The molecule has 0 atom stereocenters. The SMILES string of the molecule is CC(C)=C[SiH2]CCCN(C1CCCC1)C1CCCC1. The molecule has 0 aromatic heterocycles. The Bertz CT molecular complexity index is 255. The number of hydrogen-bond donors (Lipinski definition) is 0. The van der Waals surface area contributed by atoms with Crippen LogP contribution >= 0.6 is 0 Å². The Kier molecular flexibility index (Phi) is 6.65. The Morgan fingerprint density at radius 1 is 1.00 bits per heavy atom. The summed E-state index contributed by atoms with van der Waals surface area (Å²) in [5, 5.41) is 0. The van der Waals surface area contributed by atoms with Crippen LogP contribution < -0.4 is 0 Å². The van der Waals surface area contributed by atoms with Crippen molar-refractivity contribution in [3.63, 3.8) is 0 Å². The largest absolute Gasteiger partial charge is 0.297 e. The van der Waals surface area contributed by atoms with Gasteiger partial charge in [0, 0.05) is 21.6 Å².